The summed E-state index contributed by atoms with van der Waals surface area (Å²) in [6, 6.07) is 1.80. The number of anilines is 1. The summed E-state index contributed by atoms with van der Waals surface area (Å²) in [6.45, 7) is 2.68. The van der Waals surface area contributed by atoms with Crippen LogP contribution < -0.4 is 10.1 Å². The average molecular weight is 223 g/mol. The van der Waals surface area contributed by atoms with Gasteiger partial charge in [-0.25, -0.2) is 9.97 Å². The normalized spacial score (nSPS) is 17.1. The van der Waals surface area contributed by atoms with Gasteiger partial charge in [-0.1, -0.05) is 0 Å². The first-order chi connectivity index (χ1) is 7.88. The molecule has 88 valence electrons. The van der Waals surface area contributed by atoms with Crippen molar-refractivity contribution in [2.45, 2.75) is 12.8 Å². The number of hydrogen-bond acceptors (Lipinski definition) is 5. The van der Waals surface area contributed by atoms with E-state index in [-0.39, 0.29) is 0 Å². The first-order valence-corrected chi connectivity index (χ1v) is 5.56. The van der Waals surface area contributed by atoms with Crippen molar-refractivity contribution in [2.75, 3.05) is 32.2 Å². The fourth-order valence-corrected chi connectivity index (χ4v) is 1.75. The fourth-order valence-electron chi connectivity index (χ4n) is 1.75. The lowest BCUT2D eigenvalue weighted by Gasteiger charge is -2.22. The summed E-state index contributed by atoms with van der Waals surface area (Å²) >= 11 is 0. The monoisotopic (exact) mass is 223 g/mol. The van der Waals surface area contributed by atoms with Crippen molar-refractivity contribution in [3.63, 3.8) is 0 Å². The van der Waals surface area contributed by atoms with Gasteiger partial charge in [-0.3, -0.25) is 0 Å². The lowest BCUT2D eigenvalue weighted by Crippen LogP contribution is -2.22. The summed E-state index contributed by atoms with van der Waals surface area (Å²) in [7, 11) is 1.60. The number of methoxy groups -OCH3 is 1. The Hall–Kier alpha value is -1.36. The van der Waals surface area contributed by atoms with Gasteiger partial charge in [0.15, 0.2) is 0 Å². The van der Waals surface area contributed by atoms with Crippen LogP contribution >= 0.6 is 0 Å². The van der Waals surface area contributed by atoms with Crippen LogP contribution in [0.4, 0.5) is 5.82 Å². The van der Waals surface area contributed by atoms with Crippen molar-refractivity contribution in [3.05, 3.63) is 12.4 Å². The molecular formula is C11H17N3O2. The first kappa shape index (κ1) is 11.1. The molecule has 2 heterocycles. The van der Waals surface area contributed by atoms with E-state index in [2.05, 4.69) is 15.3 Å². The topological polar surface area (TPSA) is 56.3 Å². The Bertz CT molecular complexity index is 327. The predicted molar refractivity (Wildman–Crippen MR) is 60.6 cm³/mol. The van der Waals surface area contributed by atoms with E-state index in [1.807, 2.05) is 0 Å². The van der Waals surface area contributed by atoms with Crippen molar-refractivity contribution >= 4 is 5.82 Å². The third kappa shape index (κ3) is 3.06. The van der Waals surface area contributed by atoms with Gasteiger partial charge >= 0.3 is 0 Å². The Balaban J connectivity index is 1.83. The molecule has 5 nitrogen and oxygen atoms in total. The number of nitrogens with one attached hydrogen (secondary N) is 1. The molecule has 1 aromatic heterocycles. The number of aromatic nitrogens is 2. The molecule has 1 N–H and O–H groups in total. The van der Waals surface area contributed by atoms with E-state index in [0.717, 1.165) is 38.4 Å². The standard InChI is InChI=1S/C11H17N3O2/c1-15-11-6-10(13-8-14-11)12-7-9-2-4-16-5-3-9/h6,8-9H,2-5,7H2,1H3,(H,12,13,14). The third-order valence-electron chi connectivity index (χ3n) is 2.76. The van der Waals surface area contributed by atoms with Crippen LogP contribution in [0.25, 0.3) is 0 Å². The molecule has 1 fully saturated rings. The van der Waals surface area contributed by atoms with E-state index in [0.29, 0.717) is 11.8 Å². The maximum atomic E-state index is 5.31. The van der Waals surface area contributed by atoms with Gasteiger partial charge < -0.3 is 14.8 Å². The molecule has 16 heavy (non-hydrogen) atoms. The Kier molecular flexibility index (Phi) is 3.93. The van der Waals surface area contributed by atoms with Crippen LogP contribution in [0.3, 0.4) is 0 Å². The second-order valence-corrected chi connectivity index (χ2v) is 3.88. The molecule has 0 radical (unpaired) electrons. The summed E-state index contributed by atoms with van der Waals surface area (Å²) in [4.78, 5) is 8.10. The molecule has 1 aliphatic heterocycles. The molecule has 0 amide bonds. The smallest absolute Gasteiger partial charge is 0.218 e. The van der Waals surface area contributed by atoms with Gasteiger partial charge in [0.2, 0.25) is 5.88 Å². The molecule has 0 bridgehead atoms. The molecular weight excluding hydrogens is 206 g/mol. The maximum Gasteiger partial charge on any atom is 0.218 e. The van der Waals surface area contributed by atoms with Crippen LogP contribution in [0, 0.1) is 5.92 Å². The first-order valence-electron chi connectivity index (χ1n) is 5.56. The molecule has 5 heteroatoms. The molecule has 1 saturated heterocycles. The summed E-state index contributed by atoms with van der Waals surface area (Å²) in [5, 5.41) is 3.30. The number of hydrogen-bond donors (Lipinski definition) is 1. The zero-order chi connectivity index (χ0) is 11.2. The van der Waals surface area contributed by atoms with Crippen molar-refractivity contribution in [1.29, 1.82) is 0 Å². The Labute approximate surface area is 95.2 Å². The molecule has 1 aromatic rings. The summed E-state index contributed by atoms with van der Waals surface area (Å²) in [5.41, 5.74) is 0. The van der Waals surface area contributed by atoms with E-state index in [1.54, 1.807) is 13.2 Å². The van der Waals surface area contributed by atoms with E-state index < -0.39 is 0 Å². The molecule has 1 aliphatic rings. The van der Waals surface area contributed by atoms with Crippen LogP contribution in [-0.4, -0.2) is 36.8 Å². The van der Waals surface area contributed by atoms with Crippen molar-refractivity contribution in [2.24, 2.45) is 5.92 Å². The van der Waals surface area contributed by atoms with E-state index in [9.17, 15) is 0 Å². The molecule has 2 rings (SSSR count). The third-order valence-corrected chi connectivity index (χ3v) is 2.76. The zero-order valence-corrected chi connectivity index (χ0v) is 9.48. The van der Waals surface area contributed by atoms with Crippen LogP contribution in [0.2, 0.25) is 0 Å². The van der Waals surface area contributed by atoms with E-state index in [1.165, 1.54) is 6.33 Å². The van der Waals surface area contributed by atoms with E-state index >= 15 is 0 Å². The highest BCUT2D eigenvalue weighted by Gasteiger charge is 2.13. The minimum atomic E-state index is 0.587. The van der Waals surface area contributed by atoms with Crippen LogP contribution in [0.15, 0.2) is 12.4 Å². The minimum Gasteiger partial charge on any atom is -0.481 e. The minimum absolute atomic E-state index is 0.587. The van der Waals surface area contributed by atoms with Gasteiger partial charge in [0.1, 0.15) is 12.1 Å². The Morgan fingerprint density at radius 3 is 3.00 bits per heavy atom. The molecule has 0 unspecified atom stereocenters. The highest BCUT2D eigenvalue weighted by Crippen LogP contribution is 2.16. The van der Waals surface area contributed by atoms with Crippen molar-refractivity contribution < 1.29 is 9.47 Å². The summed E-state index contributed by atoms with van der Waals surface area (Å²) < 4.78 is 10.4. The van der Waals surface area contributed by atoms with Gasteiger partial charge in [0.05, 0.1) is 7.11 Å². The van der Waals surface area contributed by atoms with Gasteiger partial charge in [0.25, 0.3) is 0 Å². The van der Waals surface area contributed by atoms with Crippen LogP contribution in [0.1, 0.15) is 12.8 Å². The SMILES string of the molecule is COc1cc(NCC2CCOCC2)ncn1. The van der Waals surface area contributed by atoms with Gasteiger partial charge in [-0.2, -0.15) is 0 Å². The van der Waals surface area contributed by atoms with Crippen LogP contribution in [-0.2, 0) is 4.74 Å². The highest BCUT2D eigenvalue weighted by atomic mass is 16.5. The Morgan fingerprint density at radius 2 is 2.25 bits per heavy atom. The molecule has 0 atom stereocenters. The molecule has 0 aliphatic carbocycles. The van der Waals surface area contributed by atoms with Gasteiger partial charge in [-0.05, 0) is 18.8 Å². The quantitative estimate of drug-likeness (QED) is 0.834. The summed E-state index contributed by atoms with van der Waals surface area (Å²) in [6.07, 6.45) is 3.75. The number of nitrogens with zero attached hydrogens (tertiary/aromatic N) is 2. The maximum absolute atomic E-state index is 5.31. The average Bonchev–Trinajstić information content (AvgIpc) is 2.38. The fraction of sp³-hybridized carbons (Fsp3) is 0.636. The molecule has 0 saturated carbocycles. The Morgan fingerprint density at radius 1 is 1.44 bits per heavy atom. The lowest BCUT2D eigenvalue weighted by atomic mass is 10.0. The van der Waals surface area contributed by atoms with Crippen molar-refractivity contribution in [1.82, 2.24) is 9.97 Å². The molecule has 0 aromatic carbocycles. The second-order valence-electron chi connectivity index (χ2n) is 3.88. The largest absolute Gasteiger partial charge is 0.481 e. The van der Waals surface area contributed by atoms with Crippen LogP contribution in [0.5, 0.6) is 5.88 Å². The van der Waals surface area contributed by atoms with Crippen molar-refractivity contribution in [3.8, 4) is 5.88 Å². The summed E-state index contributed by atoms with van der Waals surface area (Å²) in [5.74, 6) is 2.08. The number of ether oxygens (including phenoxy) is 2. The molecule has 0 spiro atoms. The predicted octanol–water partition coefficient (Wildman–Crippen LogP) is 1.32. The van der Waals surface area contributed by atoms with E-state index in [4.69, 9.17) is 9.47 Å². The highest BCUT2D eigenvalue weighted by molar-refractivity contribution is 5.36. The second kappa shape index (κ2) is 5.65. The lowest BCUT2D eigenvalue weighted by molar-refractivity contribution is 0.0699. The van der Waals surface area contributed by atoms with Gasteiger partial charge in [-0.15, -0.1) is 0 Å². The number of rotatable bonds is 4. The zero-order valence-electron chi connectivity index (χ0n) is 9.48. The van der Waals surface area contributed by atoms with Gasteiger partial charge in [0, 0.05) is 25.8 Å².